The fraction of sp³-hybridized carbons (Fsp3) is 0.344. The van der Waals surface area contributed by atoms with Gasteiger partial charge < -0.3 is 23.1 Å². The van der Waals surface area contributed by atoms with Gasteiger partial charge in [-0.3, -0.25) is 0 Å². The summed E-state index contributed by atoms with van der Waals surface area (Å²) in [5, 5.41) is 0. The minimum absolute atomic E-state index is 0. The zero-order chi connectivity index (χ0) is 39.4. The van der Waals surface area contributed by atoms with Gasteiger partial charge in [-0.15, -0.1) is 0 Å². The van der Waals surface area contributed by atoms with Crippen molar-refractivity contribution in [3.63, 3.8) is 0 Å². The molecule has 2 aromatic rings. The van der Waals surface area contributed by atoms with Crippen molar-refractivity contribution >= 4 is 103 Å². The Morgan fingerprint density at radius 2 is 1.25 bits per heavy atom. The third-order valence-corrected chi connectivity index (χ3v) is 13.4. The standard InChI is InChI=1S/C32H36I2N2O12S4.3Na/c1-20(8-6-10-27-31(2,3)23-16-21(51(43,44)45)18-25(33)29(23)35(27)12-14-49(37,38)39)9-7-11-28-32(4,5)24-17-22(52(46,47)48)19-26(34)30(24)36(28)13-15-50(40,41)42;;;/h6-11,16-19H,12-15H2,1-5H3,(H3-,37,38,39,40,41,42,43,44,45,46,47,48);;;/q;3*+1/p-3/i33-4,34-4;;;. The summed E-state index contributed by atoms with van der Waals surface area (Å²) >= 11 is 3.73. The zero-order valence-electron chi connectivity index (χ0n) is 31.3. The first kappa shape index (κ1) is 54.0. The van der Waals surface area contributed by atoms with Gasteiger partial charge in [0.05, 0.1) is 46.1 Å². The molecular weight excluding hydrogens is 1050 g/mol. The monoisotopic (exact) mass is 1080 g/mol. The molecule has 0 amide bonds. The Bertz CT molecular complexity index is 2460. The van der Waals surface area contributed by atoms with Crippen molar-refractivity contribution in [2.75, 3.05) is 29.5 Å². The molecule has 0 spiro atoms. The normalized spacial score (nSPS) is 17.6. The second-order valence-electron chi connectivity index (χ2n) is 13.2. The topological polar surface area (TPSA) is 235 Å². The summed E-state index contributed by atoms with van der Waals surface area (Å²) in [4.78, 5) is 0.745. The van der Waals surface area contributed by atoms with Crippen molar-refractivity contribution in [1.29, 1.82) is 0 Å². The molecule has 0 aliphatic carbocycles. The summed E-state index contributed by atoms with van der Waals surface area (Å²) in [6.45, 7) is 8.44. The van der Waals surface area contributed by atoms with E-state index in [2.05, 4.69) is 0 Å². The van der Waals surface area contributed by atoms with Gasteiger partial charge in [-0.05, 0) is 102 Å². The SMILES string of the molecule is CC(/C=C/C=C1/N(CCS(=O)(=O)[O-])c2c([123I])cc(S(=O)(=O)[O-])cc2C1(C)C)=C\C=C\C1=[N+](CCS(=O)(=O)[O-])c2c([123I])cc(S(=O)(=O)[O-])cc2C1(C)C.[Na+].[Na+].[Na+]. The van der Waals surface area contributed by atoms with Crippen LogP contribution < -0.4 is 93.6 Å². The zero-order valence-corrected chi connectivity index (χ0v) is 44.9. The third kappa shape index (κ3) is 13.0. The van der Waals surface area contributed by atoms with E-state index >= 15 is 0 Å². The van der Waals surface area contributed by atoms with Gasteiger partial charge in [-0.2, -0.15) is 4.58 Å². The molecule has 23 heteroatoms. The molecule has 0 unspecified atom stereocenters. The van der Waals surface area contributed by atoms with Crippen LogP contribution in [-0.2, 0) is 51.3 Å². The van der Waals surface area contributed by atoms with E-state index in [9.17, 15) is 51.9 Å². The summed E-state index contributed by atoms with van der Waals surface area (Å²) in [6.07, 6.45) is 10.2. The predicted octanol–water partition coefficient (Wildman–Crippen LogP) is -5.08. The van der Waals surface area contributed by atoms with Crippen LogP contribution >= 0.6 is 45.2 Å². The minimum atomic E-state index is -4.81. The first-order chi connectivity index (χ1) is 23.6. The molecule has 2 aromatic carbocycles. The molecule has 55 heavy (non-hydrogen) atoms. The van der Waals surface area contributed by atoms with Gasteiger partial charge in [0.15, 0.2) is 12.3 Å². The fourth-order valence-electron chi connectivity index (χ4n) is 6.24. The van der Waals surface area contributed by atoms with Crippen molar-refractivity contribution in [3.05, 3.63) is 90.3 Å². The maximum atomic E-state index is 11.9. The molecule has 0 N–H and O–H groups in total. The van der Waals surface area contributed by atoms with Crippen LogP contribution in [0.3, 0.4) is 0 Å². The van der Waals surface area contributed by atoms with Crippen molar-refractivity contribution < 1.29 is 145 Å². The summed E-state index contributed by atoms with van der Waals surface area (Å²) in [5.41, 5.74) is 1.88. The first-order valence-corrected chi connectivity index (χ1v) is 23.3. The van der Waals surface area contributed by atoms with E-state index < -0.39 is 72.6 Å². The van der Waals surface area contributed by atoms with Crippen molar-refractivity contribution in [3.8, 4) is 0 Å². The molecule has 0 atom stereocenters. The van der Waals surface area contributed by atoms with Crippen LogP contribution in [0.2, 0.25) is 0 Å². The number of fused-ring (bicyclic) bond motifs is 2. The maximum Gasteiger partial charge on any atom is 1.00 e. The molecule has 0 radical (unpaired) electrons. The summed E-state index contributed by atoms with van der Waals surface area (Å²) in [5.74, 6) is -1.45. The Morgan fingerprint density at radius 1 is 0.745 bits per heavy atom. The average Bonchev–Trinajstić information content (AvgIpc) is 3.32. The summed E-state index contributed by atoms with van der Waals surface area (Å²) in [7, 11) is -18.8. The number of allylic oxidation sites excluding steroid dienone is 8. The van der Waals surface area contributed by atoms with Crippen LogP contribution in [0.4, 0.5) is 11.4 Å². The quantitative estimate of drug-likeness (QED) is 0.0638. The van der Waals surface area contributed by atoms with E-state index in [0.29, 0.717) is 46.6 Å². The van der Waals surface area contributed by atoms with Gasteiger partial charge in [0, 0.05) is 32.9 Å². The van der Waals surface area contributed by atoms with Crippen LogP contribution in [0.5, 0.6) is 0 Å². The van der Waals surface area contributed by atoms with E-state index in [1.807, 2.05) is 45.2 Å². The van der Waals surface area contributed by atoms with Crippen molar-refractivity contribution in [2.24, 2.45) is 0 Å². The van der Waals surface area contributed by atoms with Crippen molar-refractivity contribution in [1.82, 2.24) is 0 Å². The Hall–Kier alpha value is 0.970. The van der Waals surface area contributed by atoms with Crippen LogP contribution in [0.25, 0.3) is 0 Å². The number of anilines is 1. The summed E-state index contributed by atoms with van der Waals surface area (Å²) < 4.78 is 143. The molecule has 0 saturated heterocycles. The Labute approximate surface area is 416 Å². The van der Waals surface area contributed by atoms with Crippen LogP contribution in [0.1, 0.15) is 45.7 Å². The molecule has 2 heterocycles. The second kappa shape index (κ2) is 19.8. The Kier molecular flexibility index (Phi) is 19.4. The molecule has 2 aliphatic rings. The molecule has 14 nitrogen and oxygen atoms in total. The van der Waals surface area contributed by atoms with Crippen molar-refractivity contribution in [2.45, 2.75) is 55.2 Å². The van der Waals surface area contributed by atoms with E-state index in [0.717, 1.165) is 0 Å². The van der Waals surface area contributed by atoms with E-state index in [1.165, 1.54) is 24.3 Å². The fourth-order valence-corrected chi connectivity index (χ4v) is 10.4. The average molecular weight is 1080 g/mol. The Balaban J connectivity index is 0.00000504. The largest absolute Gasteiger partial charge is 1.00 e. The van der Waals surface area contributed by atoms with E-state index in [-0.39, 0.29) is 102 Å². The number of halogens is 2. The first-order valence-electron chi connectivity index (χ1n) is 15.2. The van der Waals surface area contributed by atoms with Crippen LogP contribution in [-0.4, -0.2) is 86.8 Å². The molecule has 0 saturated carbocycles. The van der Waals surface area contributed by atoms with Gasteiger partial charge in [0.1, 0.15) is 30.4 Å². The smallest absolute Gasteiger partial charge is 0.748 e. The molecule has 0 bridgehead atoms. The van der Waals surface area contributed by atoms with E-state index in [1.54, 1.807) is 80.6 Å². The number of rotatable bonds is 12. The summed E-state index contributed by atoms with van der Waals surface area (Å²) in [6, 6.07) is 4.92. The number of nitrogens with zero attached hydrogens (tertiary/aromatic N) is 2. The molecule has 0 fully saturated rings. The van der Waals surface area contributed by atoms with Crippen LogP contribution in [0.15, 0.2) is 81.8 Å². The number of hydrogen-bond donors (Lipinski definition) is 0. The van der Waals surface area contributed by atoms with Gasteiger partial charge in [-0.1, -0.05) is 43.7 Å². The maximum absolute atomic E-state index is 11.9. The number of benzene rings is 2. The van der Waals surface area contributed by atoms with Gasteiger partial charge in [0.25, 0.3) is 0 Å². The Morgan fingerprint density at radius 3 is 1.76 bits per heavy atom. The third-order valence-electron chi connectivity index (χ3n) is 8.76. The van der Waals surface area contributed by atoms with E-state index in [4.69, 9.17) is 0 Å². The predicted molar refractivity (Wildman–Crippen MR) is 207 cm³/mol. The second-order valence-corrected chi connectivity index (χ2v) is 21.3. The molecule has 0 aromatic heterocycles. The number of hydrogen-bond acceptors (Lipinski definition) is 13. The van der Waals surface area contributed by atoms with Crippen LogP contribution in [0, 0.1) is 7.14 Å². The molecular formula is C32H33I2N2Na3O12S4. The van der Waals surface area contributed by atoms with Gasteiger partial charge in [-0.25, -0.2) is 33.7 Å². The van der Waals surface area contributed by atoms with Gasteiger partial charge in [0.2, 0.25) is 5.69 Å². The molecule has 4 rings (SSSR count). The van der Waals surface area contributed by atoms with Gasteiger partial charge >= 0.3 is 88.7 Å². The molecule has 2 aliphatic heterocycles. The minimum Gasteiger partial charge on any atom is -0.748 e. The molecule has 284 valence electrons.